The third-order valence-electron chi connectivity index (χ3n) is 1.38. The van der Waals surface area contributed by atoms with Crippen molar-refractivity contribution < 1.29 is 9.84 Å². The van der Waals surface area contributed by atoms with Crippen LogP contribution < -0.4 is 5.73 Å². The number of hydrogen-bond acceptors (Lipinski definition) is 4. The van der Waals surface area contributed by atoms with Gasteiger partial charge in [0.1, 0.15) is 11.9 Å². The average molecular weight is 157 g/mol. The molecule has 5 nitrogen and oxygen atoms in total. The summed E-state index contributed by atoms with van der Waals surface area (Å²) in [6, 6.07) is 0. The standard InChI is InChI=1S/C6H11N3O2/c1-11-3-5(10)4-2-8-9-6(4)7/h2,5,10H,3H2,1H3,(H3,7,8,9). The van der Waals surface area contributed by atoms with E-state index in [0.29, 0.717) is 11.4 Å². The van der Waals surface area contributed by atoms with E-state index in [2.05, 4.69) is 10.2 Å². The zero-order valence-corrected chi connectivity index (χ0v) is 6.24. The number of aromatic amines is 1. The number of aliphatic hydroxyl groups is 1. The number of aliphatic hydroxyl groups excluding tert-OH is 1. The maximum atomic E-state index is 9.33. The molecule has 0 aliphatic heterocycles. The lowest BCUT2D eigenvalue weighted by molar-refractivity contribution is 0.0648. The van der Waals surface area contributed by atoms with Crippen molar-refractivity contribution in [3.05, 3.63) is 11.8 Å². The Bertz CT molecular complexity index is 223. The van der Waals surface area contributed by atoms with Gasteiger partial charge in [0.25, 0.3) is 0 Å². The summed E-state index contributed by atoms with van der Waals surface area (Å²) in [5, 5.41) is 15.5. The molecule has 0 saturated carbocycles. The molecular formula is C6H11N3O2. The van der Waals surface area contributed by atoms with Crippen molar-refractivity contribution in [3.8, 4) is 0 Å². The van der Waals surface area contributed by atoms with E-state index in [4.69, 9.17) is 10.5 Å². The first-order chi connectivity index (χ1) is 5.25. The molecule has 1 aromatic heterocycles. The predicted molar refractivity (Wildman–Crippen MR) is 39.8 cm³/mol. The Kier molecular flexibility index (Phi) is 2.45. The summed E-state index contributed by atoms with van der Waals surface area (Å²) < 4.78 is 4.74. The van der Waals surface area contributed by atoms with Crippen LogP contribution in [0.2, 0.25) is 0 Å². The molecule has 0 aliphatic rings. The second-order valence-electron chi connectivity index (χ2n) is 2.21. The summed E-state index contributed by atoms with van der Waals surface area (Å²) in [5.74, 6) is 0.384. The molecule has 11 heavy (non-hydrogen) atoms. The normalized spacial score (nSPS) is 13.3. The van der Waals surface area contributed by atoms with Crippen LogP contribution in [0.5, 0.6) is 0 Å². The maximum absolute atomic E-state index is 9.33. The number of anilines is 1. The molecule has 1 aromatic rings. The molecule has 0 saturated heterocycles. The van der Waals surface area contributed by atoms with Gasteiger partial charge in [-0.15, -0.1) is 0 Å². The minimum absolute atomic E-state index is 0.226. The summed E-state index contributed by atoms with van der Waals surface area (Å²) >= 11 is 0. The highest BCUT2D eigenvalue weighted by Crippen LogP contribution is 2.16. The predicted octanol–water partition coefficient (Wildman–Crippen LogP) is -0.328. The smallest absolute Gasteiger partial charge is 0.124 e. The molecule has 1 rings (SSSR count). The first-order valence-electron chi connectivity index (χ1n) is 3.21. The van der Waals surface area contributed by atoms with Crippen molar-refractivity contribution in [2.45, 2.75) is 6.10 Å². The number of aromatic nitrogens is 2. The lowest BCUT2D eigenvalue weighted by Gasteiger charge is -2.06. The number of ether oxygens (including phenoxy) is 1. The number of nitrogens with zero attached hydrogens (tertiary/aromatic N) is 1. The second-order valence-corrected chi connectivity index (χ2v) is 2.21. The molecular weight excluding hydrogens is 146 g/mol. The lowest BCUT2D eigenvalue weighted by Crippen LogP contribution is -2.06. The first-order valence-corrected chi connectivity index (χ1v) is 3.21. The Balaban J connectivity index is 2.67. The van der Waals surface area contributed by atoms with E-state index in [1.165, 1.54) is 13.3 Å². The molecule has 0 aliphatic carbocycles. The molecule has 0 amide bonds. The van der Waals surface area contributed by atoms with Gasteiger partial charge < -0.3 is 15.6 Å². The van der Waals surface area contributed by atoms with Gasteiger partial charge >= 0.3 is 0 Å². The minimum atomic E-state index is -0.696. The third-order valence-corrected chi connectivity index (χ3v) is 1.38. The van der Waals surface area contributed by atoms with Gasteiger partial charge in [0.15, 0.2) is 0 Å². The molecule has 1 atom stereocenters. The molecule has 1 heterocycles. The van der Waals surface area contributed by atoms with Crippen LogP contribution in [0.4, 0.5) is 5.82 Å². The van der Waals surface area contributed by atoms with Gasteiger partial charge in [0, 0.05) is 12.7 Å². The van der Waals surface area contributed by atoms with E-state index in [0.717, 1.165) is 0 Å². The Hall–Kier alpha value is -1.07. The van der Waals surface area contributed by atoms with Crippen LogP contribution in [0.3, 0.4) is 0 Å². The fourth-order valence-electron chi connectivity index (χ4n) is 0.819. The van der Waals surface area contributed by atoms with Crippen LogP contribution in [0.1, 0.15) is 11.7 Å². The SMILES string of the molecule is COCC(O)c1cn[nH]c1N. The summed E-state index contributed by atoms with van der Waals surface area (Å²) in [6.45, 7) is 0.226. The Morgan fingerprint density at radius 2 is 2.64 bits per heavy atom. The highest BCUT2D eigenvalue weighted by atomic mass is 16.5. The van der Waals surface area contributed by atoms with E-state index in [-0.39, 0.29) is 6.61 Å². The van der Waals surface area contributed by atoms with Gasteiger partial charge in [-0.25, -0.2) is 0 Å². The van der Waals surface area contributed by atoms with E-state index >= 15 is 0 Å². The molecule has 0 fully saturated rings. The summed E-state index contributed by atoms with van der Waals surface area (Å²) in [4.78, 5) is 0. The molecule has 0 aromatic carbocycles. The van der Waals surface area contributed by atoms with E-state index < -0.39 is 6.10 Å². The van der Waals surface area contributed by atoms with Gasteiger partial charge in [-0.2, -0.15) is 5.10 Å². The van der Waals surface area contributed by atoms with Crippen LogP contribution in [-0.4, -0.2) is 29.0 Å². The number of nitrogens with two attached hydrogens (primary N) is 1. The van der Waals surface area contributed by atoms with Gasteiger partial charge in [-0.3, -0.25) is 5.10 Å². The summed E-state index contributed by atoms with van der Waals surface area (Å²) in [7, 11) is 1.51. The van der Waals surface area contributed by atoms with Gasteiger partial charge in [0.05, 0.1) is 12.8 Å². The number of rotatable bonds is 3. The molecule has 62 valence electrons. The Morgan fingerprint density at radius 3 is 3.09 bits per heavy atom. The highest BCUT2D eigenvalue weighted by Gasteiger charge is 2.11. The molecule has 0 radical (unpaired) electrons. The largest absolute Gasteiger partial charge is 0.386 e. The molecule has 4 N–H and O–H groups in total. The monoisotopic (exact) mass is 157 g/mol. The number of nitrogens with one attached hydrogen (secondary N) is 1. The maximum Gasteiger partial charge on any atom is 0.124 e. The third kappa shape index (κ3) is 1.69. The van der Waals surface area contributed by atoms with Crippen LogP contribution >= 0.6 is 0 Å². The average Bonchev–Trinajstić information content (AvgIpc) is 2.36. The van der Waals surface area contributed by atoms with Crippen molar-refractivity contribution in [3.63, 3.8) is 0 Å². The molecule has 0 spiro atoms. The van der Waals surface area contributed by atoms with Crippen molar-refractivity contribution in [2.24, 2.45) is 0 Å². The number of methoxy groups -OCH3 is 1. The highest BCUT2D eigenvalue weighted by molar-refractivity contribution is 5.38. The fraction of sp³-hybridized carbons (Fsp3) is 0.500. The van der Waals surface area contributed by atoms with Crippen LogP contribution in [0.25, 0.3) is 0 Å². The van der Waals surface area contributed by atoms with Crippen molar-refractivity contribution in [1.29, 1.82) is 0 Å². The summed E-state index contributed by atoms with van der Waals surface area (Å²) in [6.07, 6.45) is 0.790. The van der Waals surface area contributed by atoms with Crippen LogP contribution in [0.15, 0.2) is 6.20 Å². The molecule has 1 unspecified atom stereocenters. The van der Waals surface area contributed by atoms with Crippen LogP contribution in [0, 0.1) is 0 Å². The number of hydrogen-bond donors (Lipinski definition) is 3. The minimum Gasteiger partial charge on any atom is -0.386 e. The van der Waals surface area contributed by atoms with Gasteiger partial charge in [0.2, 0.25) is 0 Å². The van der Waals surface area contributed by atoms with E-state index in [1.807, 2.05) is 0 Å². The van der Waals surface area contributed by atoms with Gasteiger partial charge in [-0.1, -0.05) is 0 Å². The Morgan fingerprint density at radius 1 is 1.91 bits per heavy atom. The molecule has 5 heteroatoms. The van der Waals surface area contributed by atoms with Crippen molar-refractivity contribution >= 4 is 5.82 Å². The van der Waals surface area contributed by atoms with Crippen molar-refractivity contribution in [1.82, 2.24) is 10.2 Å². The number of nitrogen functional groups attached to an aromatic ring is 1. The number of H-pyrrole nitrogens is 1. The van der Waals surface area contributed by atoms with Crippen molar-refractivity contribution in [2.75, 3.05) is 19.5 Å². The zero-order valence-electron chi connectivity index (χ0n) is 6.24. The van der Waals surface area contributed by atoms with E-state index in [9.17, 15) is 5.11 Å². The lowest BCUT2D eigenvalue weighted by atomic mass is 10.2. The molecule has 0 bridgehead atoms. The first kappa shape index (κ1) is 8.03. The van der Waals surface area contributed by atoms with E-state index in [1.54, 1.807) is 0 Å². The zero-order chi connectivity index (χ0) is 8.27. The summed E-state index contributed by atoms with van der Waals surface area (Å²) in [5.41, 5.74) is 6.01. The Labute approximate surface area is 64.2 Å². The second kappa shape index (κ2) is 3.36. The van der Waals surface area contributed by atoms with Gasteiger partial charge in [-0.05, 0) is 0 Å². The van der Waals surface area contributed by atoms with Crippen LogP contribution in [-0.2, 0) is 4.74 Å². The quantitative estimate of drug-likeness (QED) is 0.561. The topological polar surface area (TPSA) is 84.2 Å². The fourth-order valence-corrected chi connectivity index (χ4v) is 0.819.